The van der Waals surface area contributed by atoms with Crippen LogP contribution in [0.3, 0.4) is 0 Å². The zero-order valence-corrected chi connectivity index (χ0v) is 20.9. The van der Waals surface area contributed by atoms with E-state index in [0.717, 1.165) is 5.56 Å². The smallest absolute Gasteiger partial charge is 0.316 e. The zero-order valence-electron chi connectivity index (χ0n) is 20.9. The number of benzene rings is 1. The maximum absolute atomic E-state index is 13.3. The van der Waals surface area contributed by atoms with Crippen LogP contribution in [-0.4, -0.2) is 91.5 Å². The second-order valence-corrected chi connectivity index (χ2v) is 9.53. The van der Waals surface area contributed by atoms with E-state index < -0.39 is 47.8 Å². The fourth-order valence-corrected chi connectivity index (χ4v) is 5.28. The van der Waals surface area contributed by atoms with Crippen molar-refractivity contribution in [3.8, 4) is 0 Å². The topological polar surface area (TPSA) is 184 Å². The summed E-state index contributed by atoms with van der Waals surface area (Å²) in [5.74, 6) is -4.13. The van der Waals surface area contributed by atoms with E-state index in [1.54, 1.807) is 30.9 Å². The van der Waals surface area contributed by atoms with Gasteiger partial charge in [-0.3, -0.25) is 20.0 Å². The summed E-state index contributed by atoms with van der Waals surface area (Å²) < 4.78 is 24.3. The molecule has 0 saturated carbocycles. The molecular weight excluding hydrogens is 470 g/mol. The van der Waals surface area contributed by atoms with E-state index >= 15 is 0 Å². The molecule has 1 aromatic carbocycles. The Morgan fingerprint density at radius 3 is 2.50 bits per heavy atom. The summed E-state index contributed by atoms with van der Waals surface area (Å²) in [6, 6.07) is 9.01. The molecule has 0 bridgehead atoms. The van der Waals surface area contributed by atoms with E-state index in [4.69, 9.17) is 46.4 Å². The van der Waals surface area contributed by atoms with E-state index in [0.29, 0.717) is 0 Å². The first kappa shape index (κ1) is 26.1. The Bertz CT molecular complexity index is 1000. The van der Waals surface area contributed by atoms with Crippen LogP contribution in [0.4, 0.5) is 0 Å². The molecule has 3 aliphatic heterocycles. The number of carbonyl (C=O) groups excluding carboxylic acids is 1. The van der Waals surface area contributed by atoms with Crippen molar-refractivity contribution in [2.24, 2.45) is 28.1 Å². The third kappa shape index (κ3) is 4.72. The highest BCUT2D eigenvalue weighted by Gasteiger charge is 2.73. The first-order chi connectivity index (χ1) is 17.0. The van der Waals surface area contributed by atoms with E-state index in [9.17, 15) is 4.79 Å². The molecule has 0 radical (unpaired) electrons. The molecule has 4 rings (SSSR count). The Hall–Kier alpha value is -2.97. The molecule has 3 saturated heterocycles. The highest BCUT2D eigenvalue weighted by atomic mass is 16.9. The monoisotopic (exact) mass is 505 g/mol. The maximum Gasteiger partial charge on any atom is 0.316 e. The van der Waals surface area contributed by atoms with Crippen LogP contribution in [0, 0.1) is 11.3 Å². The van der Waals surface area contributed by atoms with Crippen LogP contribution in [0.2, 0.25) is 0 Å². The minimum Gasteiger partial charge on any atom is -0.469 e. The van der Waals surface area contributed by atoms with Crippen LogP contribution in [0.5, 0.6) is 0 Å². The predicted octanol–water partition coefficient (Wildman–Crippen LogP) is -0.522. The summed E-state index contributed by atoms with van der Waals surface area (Å²) >= 11 is 0. The second kappa shape index (κ2) is 9.82. The van der Waals surface area contributed by atoms with Crippen LogP contribution in [0.15, 0.2) is 35.3 Å². The number of methoxy groups -OCH3 is 1. The number of hydroxylamine groups is 2. The van der Waals surface area contributed by atoms with Gasteiger partial charge in [0, 0.05) is 20.1 Å². The fraction of sp³-hybridized carbons (Fsp3) is 0.609. The number of ether oxygens (including phenoxy) is 4. The van der Waals surface area contributed by atoms with Gasteiger partial charge in [0.25, 0.3) is 0 Å². The normalized spacial score (nSPS) is 32.8. The van der Waals surface area contributed by atoms with E-state index in [1.807, 2.05) is 30.3 Å². The van der Waals surface area contributed by atoms with E-state index in [2.05, 4.69) is 4.99 Å². The van der Waals surface area contributed by atoms with Crippen molar-refractivity contribution in [1.82, 2.24) is 9.96 Å². The minimum absolute atomic E-state index is 0.0563. The van der Waals surface area contributed by atoms with Crippen molar-refractivity contribution in [2.45, 2.75) is 49.8 Å². The van der Waals surface area contributed by atoms with Gasteiger partial charge in [0.05, 0.1) is 19.7 Å². The SMILES string of the molecule is COC(=O)[C@H]1[C@H](c2ccccc2)N(C)O[C@@]12O[C@H](CN(CCN=C(N)N)C(=N)N)[C@H]1OC(C)(C)O[C@H]12. The molecule has 1 spiro atoms. The number of fused-ring (bicyclic) bond motifs is 2. The number of carbonyl (C=O) groups is 1. The van der Waals surface area contributed by atoms with Crippen molar-refractivity contribution in [2.75, 3.05) is 33.8 Å². The van der Waals surface area contributed by atoms with Gasteiger partial charge in [0.2, 0.25) is 5.79 Å². The first-order valence-corrected chi connectivity index (χ1v) is 11.7. The molecular formula is C23H35N7O6. The fourth-order valence-electron chi connectivity index (χ4n) is 5.28. The molecule has 36 heavy (non-hydrogen) atoms. The quantitative estimate of drug-likeness (QED) is 0.212. The summed E-state index contributed by atoms with van der Waals surface area (Å²) in [6.07, 6.45) is -2.03. The number of aliphatic imine (C=N–C) groups is 1. The number of nitrogens with one attached hydrogen (secondary N) is 1. The molecule has 0 unspecified atom stereocenters. The standard InChI is InChI=1S/C23H35N7O6/c1-22(2)34-17-14(12-30(21(26)27)11-10-28-20(24)25)33-23(18(17)35-22)15(19(31)32-4)16(29(3)36-23)13-8-6-5-7-9-13/h5-9,14-18H,10-12H2,1-4H3,(H3,26,27)(H4,24,25,28)/t14-,15-,16+,17-,18-,23+/m1/s1. The largest absolute Gasteiger partial charge is 0.469 e. The highest BCUT2D eigenvalue weighted by Crippen LogP contribution is 2.56. The summed E-state index contributed by atoms with van der Waals surface area (Å²) in [7, 11) is 3.07. The van der Waals surface area contributed by atoms with Crippen LogP contribution in [-0.2, 0) is 28.6 Å². The third-order valence-electron chi connectivity index (χ3n) is 6.66. The number of nitrogens with two attached hydrogens (primary N) is 3. The van der Waals surface area contributed by atoms with E-state index in [-0.39, 0.29) is 31.6 Å². The lowest BCUT2D eigenvalue weighted by Gasteiger charge is -2.34. The lowest BCUT2D eigenvalue weighted by Crippen LogP contribution is -2.51. The molecule has 3 heterocycles. The van der Waals surface area contributed by atoms with Gasteiger partial charge in [-0.05, 0) is 19.4 Å². The molecule has 1 aromatic rings. The van der Waals surface area contributed by atoms with Crippen molar-refractivity contribution in [3.63, 3.8) is 0 Å². The van der Waals surface area contributed by atoms with Gasteiger partial charge in [0.15, 0.2) is 17.7 Å². The molecule has 0 amide bonds. The number of hydrogen-bond acceptors (Lipinski definition) is 9. The summed E-state index contributed by atoms with van der Waals surface area (Å²) in [4.78, 5) is 25.2. The van der Waals surface area contributed by atoms with Crippen LogP contribution >= 0.6 is 0 Å². The van der Waals surface area contributed by atoms with Gasteiger partial charge in [-0.2, -0.15) is 5.06 Å². The second-order valence-electron chi connectivity index (χ2n) is 9.53. The predicted molar refractivity (Wildman–Crippen MR) is 129 cm³/mol. The molecule has 13 nitrogen and oxygen atoms in total. The molecule has 198 valence electrons. The molecule has 3 fully saturated rings. The van der Waals surface area contributed by atoms with Gasteiger partial charge >= 0.3 is 5.97 Å². The van der Waals surface area contributed by atoms with Crippen molar-refractivity contribution >= 4 is 17.9 Å². The number of hydrogen-bond donors (Lipinski definition) is 4. The minimum atomic E-state index is -1.53. The lowest BCUT2D eigenvalue weighted by molar-refractivity contribution is -0.338. The summed E-state index contributed by atoms with van der Waals surface area (Å²) in [5, 5.41) is 9.64. The van der Waals surface area contributed by atoms with Crippen LogP contribution in [0.25, 0.3) is 0 Å². The highest BCUT2D eigenvalue weighted by molar-refractivity contribution is 5.76. The van der Waals surface area contributed by atoms with Crippen molar-refractivity contribution in [1.29, 1.82) is 5.41 Å². The average Bonchev–Trinajstić information content (AvgIpc) is 3.39. The molecule has 3 aliphatic rings. The van der Waals surface area contributed by atoms with Crippen molar-refractivity contribution in [3.05, 3.63) is 35.9 Å². The van der Waals surface area contributed by atoms with Gasteiger partial charge in [-0.25, -0.2) is 0 Å². The molecule has 0 aliphatic carbocycles. The van der Waals surface area contributed by atoms with Gasteiger partial charge < -0.3 is 41.0 Å². The summed E-state index contributed by atoms with van der Waals surface area (Å²) in [6.45, 7) is 4.25. The molecule has 0 aromatic heterocycles. The number of nitrogens with zero attached hydrogens (tertiary/aromatic N) is 3. The molecule has 13 heteroatoms. The Balaban J connectivity index is 1.70. The van der Waals surface area contributed by atoms with Crippen LogP contribution < -0.4 is 17.2 Å². The Kier molecular flexibility index (Phi) is 7.12. The number of rotatable bonds is 7. The average molecular weight is 506 g/mol. The zero-order chi connectivity index (χ0) is 26.3. The van der Waals surface area contributed by atoms with Gasteiger partial charge in [0.1, 0.15) is 24.2 Å². The van der Waals surface area contributed by atoms with Gasteiger partial charge in [-0.15, -0.1) is 0 Å². The Labute approximate surface area is 209 Å². The Morgan fingerprint density at radius 1 is 1.19 bits per heavy atom. The van der Waals surface area contributed by atoms with Crippen molar-refractivity contribution < 1.29 is 28.6 Å². The summed E-state index contributed by atoms with van der Waals surface area (Å²) in [5.41, 5.74) is 17.6. The maximum atomic E-state index is 13.3. The van der Waals surface area contributed by atoms with Gasteiger partial charge in [-0.1, -0.05) is 30.3 Å². The van der Waals surface area contributed by atoms with E-state index in [1.165, 1.54) is 7.11 Å². The molecule has 6 atom stereocenters. The third-order valence-corrected chi connectivity index (χ3v) is 6.66. The number of guanidine groups is 2. The first-order valence-electron chi connectivity index (χ1n) is 11.7. The molecule has 7 N–H and O–H groups in total. The lowest BCUT2D eigenvalue weighted by atomic mass is 9.84. The number of esters is 1. The Morgan fingerprint density at radius 2 is 1.89 bits per heavy atom. The van der Waals surface area contributed by atoms with Crippen LogP contribution in [0.1, 0.15) is 25.5 Å².